The molecular formula is C11H24ClNO. The van der Waals surface area contributed by atoms with Gasteiger partial charge < -0.3 is 0 Å². The van der Waals surface area contributed by atoms with E-state index in [1.54, 1.807) is 0 Å². The number of halogens is 1. The molecule has 14 heavy (non-hydrogen) atoms. The van der Waals surface area contributed by atoms with Gasteiger partial charge in [-0.3, -0.25) is 4.84 Å². The predicted molar refractivity (Wildman–Crippen MR) is 64.8 cm³/mol. The van der Waals surface area contributed by atoms with Gasteiger partial charge in [-0.05, 0) is 19.8 Å². The molecule has 0 fully saturated rings. The molecule has 0 saturated heterocycles. The normalized spacial score (nSPS) is 10.4. The minimum Gasteiger partial charge on any atom is -0.294 e. The van der Waals surface area contributed by atoms with E-state index in [1.807, 2.05) is 6.92 Å². The van der Waals surface area contributed by atoms with Gasteiger partial charge in [0.05, 0.1) is 6.61 Å². The van der Waals surface area contributed by atoms with E-state index in [4.69, 9.17) is 4.84 Å². The van der Waals surface area contributed by atoms with Gasteiger partial charge in [0.15, 0.2) is 0 Å². The van der Waals surface area contributed by atoms with Crippen molar-refractivity contribution in [3.05, 3.63) is 12.2 Å². The average Bonchev–Trinajstić information content (AvgIpc) is 2.11. The van der Waals surface area contributed by atoms with Crippen LogP contribution in [-0.4, -0.2) is 24.3 Å². The highest BCUT2D eigenvalue weighted by Gasteiger charge is 2.13. The van der Waals surface area contributed by atoms with Crippen molar-refractivity contribution in [2.24, 2.45) is 0 Å². The van der Waals surface area contributed by atoms with Crippen LogP contribution in [0.3, 0.4) is 0 Å². The van der Waals surface area contributed by atoms with Gasteiger partial charge in [0.2, 0.25) is 0 Å². The lowest BCUT2D eigenvalue weighted by Crippen LogP contribution is -2.34. The maximum absolute atomic E-state index is 5.63. The number of nitrogens with zero attached hydrogens (tertiary/aromatic N) is 1. The Hall–Kier alpha value is -0.0500. The summed E-state index contributed by atoms with van der Waals surface area (Å²) in [5.41, 5.74) is 1.07. The molecule has 0 aromatic heterocycles. The maximum Gasteiger partial charge on any atom is 0.0890 e. The molecule has 0 N–H and O–H groups in total. The fraction of sp³-hybridized carbons (Fsp3) is 0.818. The topological polar surface area (TPSA) is 12.5 Å². The number of hydrogen-bond donors (Lipinski definition) is 0. The van der Waals surface area contributed by atoms with E-state index >= 15 is 0 Å². The number of hydroxylamine groups is 2. The van der Waals surface area contributed by atoms with Crippen LogP contribution in [0.25, 0.3) is 0 Å². The Morgan fingerprint density at radius 2 is 1.79 bits per heavy atom. The highest BCUT2D eigenvalue weighted by atomic mass is 35.5. The standard InChI is InChI=1S/C11H23NO.ClH/c1-6-11(7-2)12(8-3)13-9-10(4)5;/h11H,4,6-9H2,1-3,5H3;1H. The Morgan fingerprint density at radius 3 is 2.07 bits per heavy atom. The third-order valence-electron chi connectivity index (χ3n) is 2.14. The van der Waals surface area contributed by atoms with Crippen LogP contribution < -0.4 is 0 Å². The second kappa shape index (κ2) is 9.50. The van der Waals surface area contributed by atoms with Crippen molar-refractivity contribution < 1.29 is 4.84 Å². The highest BCUT2D eigenvalue weighted by Crippen LogP contribution is 2.09. The summed E-state index contributed by atoms with van der Waals surface area (Å²) in [7, 11) is 0. The van der Waals surface area contributed by atoms with Gasteiger partial charge in [-0.25, -0.2) is 0 Å². The van der Waals surface area contributed by atoms with E-state index in [-0.39, 0.29) is 12.4 Å². The zero-order valence-electron chi connectivity index (χ0n) is 9.88. The molecule has 0 spiro atoms. The second-order valence-corrected chi connectivity index (χ2v) is 3.43. The largest absolute Gasteiger partial charge is 0.294 e. The molecule has 0 bridgehead atoms. The molecule has 0 unspecified atom stereocenters. The predicted octanol–water partition coefficient (Wildman–Crippen LogP) is 3.43. The molecule has 0 aliphatic carbocycles. The van der Waals surface area contributed by atoms with Crippen LogP contribution in [0.5, 0.6) is 0 Å². The van der Waals surface area contributed by atoms with E-state index in [1.165, 1.54) is 0 Å². The van der Waals surface area contributed by atoms with Gasteiger partial charge in [0, 0.05) is 12.6 Å². The van der Waals surface area contributed by atoms with Crippen molar-refractivity contribution in [1.82, 2.24) is 5.06 Å². The number of hydrogen-bond acceptors (Lipinski definition) is 2. The third kappa shape index (κ3) is 6.41. The van der Waals surface area contributed by atoms with Crippen molar-refractivity contribution in [3.8, 4) is 0 Å². The molecule has 0 aliphatic rings. The van der Waals surface area contributed by atoms with Crippen LogP contribution in [0.1, 0.15) is 40.5 Å². The van der Waals surface area contributed by atoms with E-state index < -0.39 is 0 Å². The molecule has 86 valence electrons. The van der Waals surface area contributed by atoms with Crippen LogP contribution in [-0.2, 0) is 4.84 Å². The Kier molecular flexibility index (Phi) is 11.1. The van der Waals surface area contributed by atoms with Crippen molar-refractivity contribution >= 4 is 12.4 Å². The summed E-state index contributed by atoms with van der Waals surface area (Å²) in [6.07, 6.45) is 2.28. The van der Waals surface area contributed by atoms with E-state index in [2.05, 4.69) is 32.4 Å². The van der Waals surface area contributed by atoms with Crippen LogP contribution in [0, 0.1) is 0 Å². The summed E-state index contributed by atoms with van der Waals surface area (Å²) >= 11 is 0. The summed E-state index contributed by atoms with van der Waals surface area (Å²) in [6.45, 7) is 13.9. The molecule has 0 heterocycles. The smallest absolute Gasteiger partial charge is 0.0890 e. The molecule has 0 aliphatic heterocycles. The first kappa shape index (κ1) is 16.4. The van der Waals surface area contributed by atoms with Crippen molar-refractivity contribution in [1.29, 1.82) is 0 Å². The van der Waals surface area contributed by atoms with Gasteiger partial charge in [-0.15, -0.1) is 12.4 Å². The SMILES string of the molecule is C=C(C)CON(CC)C(CC)CC.Cl. The Morgan fingerprint density at radius 1 is 1.29 bits per heavy atom. The van der Waals surface area contributed by atoms with Gasteiger partial charge in [0.25, 0.3) is 0 Å². The summed E-state index contributed by atoms with van der Waals surface area (Å²) in [5, 5.41) is 2.06. The molecule has 3 heteroatoms. The van der Waals surface area contributed by atoms with Crippen LogP contribution in [0.2, 0.25) is 0 Å². The second-order valence-electron chi connectivity index (χ2n) is 3.43. The summed E-state index contributed by atoms with van der Waals surface area (Å²) in [5.74, 6) is 0. The summed E-state index contributed by atoms with van der Waals surface area (Å²) < 4.78 is 0. The quantitative estimate of drug-likeness (QED) is 0.483. The zero-order chi connectivity index (χ0) is 10.3. The summed E-state index contributed by atoms with van der Waals surface area (Å²) in [6, 6.07) is 0.546. The molecule has 0 saturated carbocycles. The summed E-state index contributed by atoms with van der Waals surface area (Å²) in [4.78, 5) is 5.63. The van der Waals surface area contributed by atoms with Crippen LogP contribution >= 0.6 is 12.4 Å². The van der Waals surface area contributed by atoms with Crippen molar-refractivity contribution in [2.75, 3.05) is 13.2 Å². The first-order valence-electron chi connectivity index (χ1n) is 5.19. The first-order chi connectivity index (χ1) is 6.15. The van der Waals surface area contributed by atoms with Gasteiger partial charge in [-0.2, -0.15) is 5.06 Å². The van der Waals surface area contributed by atoms with Gasteiger partial charge in [0.1, 0.15) is 0 Å². The number of rotatable bonds is 7. The van der Waals surface area contributed by atoms with E-state index in [0.29, 0.717) is 12.6 Å². The van der Waals surface area contributed by atoms with Crippen LogP contribution in [0.4, 0.5) is 0 Å². The Bertz CT molecular complexity index is 146. The molecule has 0 atom stereocenters. The molecular weight excluding hydrogens is 198 g/mol. The maximum atomic E-state index is 5.63. The molecule has 2 nitrogen and oxygen atoms in total. The molecule has 0 aromatic carbocycles. The van der Waals surface area contributed by atoms with E-state index in [9.17, 15) is 0 Å². The first-order valence-corrected chi connectivity index (χ1v) is 5.19. The molecule has 0 aromatic rings. The lowest BCUT2D eigenvalue weighted by molar-refractivity contribution is -0.177. The monoisotopic (exact) mass is 221 g/mol. The highest BCUT2D eigenvalue weighted by molar-refractivity contribution is 5.85. The average molecular weight is 222 g/mol. The van der Waals surface area contributed by atoms with Crippen LogP contribution in [0.15, 0.2) is 12.2 Å². The molecule has 0 radical (unpaired) electrons. The minimum atomic E-state index is 0. The third-order valence-corrected chi connectivity index (χ3v) is 2.14. The minimum absolute atomic E-state index is 0. The molecule has 0 rings (SSSR count). The Balaban J connectivity index is 0. The fourth-order valence-corrected chi connectivity index (χ4v) is 1.34. The molecule has 0 amide bonds. The fourth-order valence-electron chi connectivity index (χ4n) is 1.34. The van der Waals surface area contributed by atoms with Crippen molar-refractivity contribution in [2.45, 2.75) is 46.6 Å². The van der Waals surface area contributed by atoms with Gasteiger partial charge >= 0.3 is 0 Å². The van der Waals surface area contributed by atoms with E-state index in [0.717, 1.165) is 25.0 Å². The lowest BCUT2D eigenvalue weighted by Gasteiger charge is -2.28. The van der Waals surface area contributed by atoms with Gasteiger partial charge in [-0.1, -0.05) is 32.9 Å². The van der Waals surface area contributed by atoms with Crippen molar-refractivity contribution in [3.63, 3.8) is 0 Å². The zero-order valence-corrected chi connectivity index (χ0v) is 10.7. The Labute approximate surface area is 94.7 Å². The lowest BCUT2D eigenvalue weighted by atomic mass is 10.2.